The van der Waals surface area contributed by atoms with E-state index in [9.17, 15) is 4.79 Å². The average Bonchev–Trinajstić information content (AvgIpc) is 2.36. The molecule has 2 nitrogen and oxygen atoms in total. The van der Waals surface area contributed by atoms with Gasteiger partial charge in [-0.25, -0.2) is 0 Å². The Morgan fingerprint density at radius 3 is 1.85 bits per heavy atom. The van der Waals surface area contributed by atoms with E-state index in [2.05, 4.69) is 19.7 Å². The molecule has 0 rings (SSSR count). The van der Waals surface area contributed by atoms with E-state index in [0.29, 0.717) is 6.61 Å². The molecule has 0 spiro atoms. The molecule has 0 bridgehead atoms. The topological polar surface area (TPSA) is 26.3 Å². The predicted octanol–water partition coefficient (Wildman–Crippen LogP) is 5.21. The van der Waals surface area contributed by atoms with E-state index >= 15 is 0 Å². The summed E-state index contributed by atoms with van der Waals surface area (Å²) < 4.78 is 5.26. The van der Waals surface area contributed by atoms with Crippen molar-refractivity contribution in [1.82, 2.24) is 0 Å². The number of hydrogen-bond acceptors (Lipinski definition) is 2. The molecule has 2 heteroatoms. The van der Waals surface area contributed by atoms with Crippen molar-refractivity contribution in [3.63, 3.8) is 0 Å². The maximum atomic E-state index is 12.3. The van der Waals surface area contributed by atoms with Crippen molar-refractivity contribution < 1.29 is 9.53 Å². The van der Waals surface area contributed by atoms with Gasteiger partial charge in [0.25, 0.3) is 0 Å². The molecule has 0 N–H and O–H groups in total. The van der Waals surface area contributed by atoms with Crippen LogP contribution >= 0.6 is 0 Å². The summed E-state index contributed by atoms with van der Waals surface area (Å²) in [5.41, 5.74) is 1.74. The van der Waals surface area contributed by atoms with E-state index in [1.54, 1.807) is 6.08 Å². The predicted molar refractivity (Wildman–Crippen MR) is 86.6 cm³/mol. The second-order valence-corrected chi connectivity index (χ2v) is 5.70. The summed E-state index contributed by atoms with van der Waals surface area (Å²) >= 11 is 0. The van der Waals surface area contributed by atoms with Crippen molar-refractivity contribution in [3.8, 4) is 0 Å². The van der Waals surface area contributed by atoms with E-state index in [1.165, 1.54) is 0 Å². The van der Waals surface area contributed by atoms with Gasteiger partial charge >= 0.3 is 5.97 Å². The Bertz CT molecular complexity index is 332. The Balaban J connectivity index is 4.77. The maximum absolute atomic E-state index is 12.3. The Morgan fingerprint density at radius 2 is 1.55 bits per heavy atom. The number of carbonyl (C=O) groups is 1. The van der Waals surface area contributed by atoms with Crippen LogP contribution in [-0.4, -0.2) is 12.6 Å². The summed E-state index contributed by atoms with van der Waals surface area (Å²) in [6.07, 6.45) is 7.09. The zero-order chi connectivity index (χ0) is 15.6. The Kier molecular flexibility index (Phi) is 8.94. The molecule has 0 aromatic rings. The molecule has 0 saturated heterocycles. The van der Waals surface area contributed by atoms with Crippen LogP contribution in [0.3, 0.4) is 0 Å². The average molecular weight is 278 g/mol. The first-order valence-corrected chi connectivity index (χ1v) is 7.47. The summed E-state index contributed by atoms with van der Waals surface area (Å²) in [6.45, 7) is 18.0. The van der Waals surface area contributed by atoms with Gasteiger partial charge in [0, 0.05) is 0 Å². The van der Waals surface area contributed by atoms with Crippen molar-refractivity contribution in [2.24, 2.45) is 5.41 Å². The van der Waals surface area contributed by atoms with Crippen molar-refractivity contribution in [2.45, 2.75) is 59.3 Å². The molecule has 0 aliphatic rings. The van der Waals surface area contributed by atoms with E-state index in [0.717, 1.165) is 49.7 Å². The molecular weight excluding hydrogens is 248 g/mol. The first kappa shape index (κ1) is 18.7. The fraction of sp³-hybridized carbons (Fsp3) is 0.611. The van der Waals surface area contributed by atoms with Crippen LogP contribution in [0.1, 0.15) is 59.3 Å². The molecule has 0 aliphatic heterocycles. The Hall–Kier alpha value is -1.31. The van der Waals surface area contributed by atoms with Gasteiger partial charge < -0.3 is 4.74 Å². The van der Waals surface area contributed by atoms with Crippen LogP contribution in [0, 0.1) is 5.41 Å². The summed E-state index contributed by atoms with van der Waals surface area (Å²) in [7, 11) is 0. The minimum Gasteiger partial charge on any atom is -0.465 e. The lowest BCUT2D eigenvalue weighted by atomic mass is 9.77. The molecule has 0 radical (unpaired) electrons. The van der Waals surface area contributed by atoms with Crippen LogP contribution in [0.2, 0.25) is 0 Å². The highest BCUT2D eigenvalue weighted by Gasteiger charge is 2.35. The molecule has 0 aromatic carbocycles. The van der Waals surface area contributed by atoms with Crippen LogP contribution in [0.5, 0.6) is 0 Å². The van der Waals surface area contributed by atoms with Gasteiger partial charge in [0.2, 0.25) is 0 Å². The van der Waals surface area contributed by atoms with Gasteiger partial charge in [-0.3, -0.25) is 4.79 Å². The van der Waals surface area contributed by atoms with Crippen molar-refractivity contribution in [3.05, 3.63) is 37.0 Å². The number of ether oxygens (including phenoxy) is 1. The van der Waals surface area contributed by atoms with Gasteiger partial charge in [-0.05, 0) is 59.3 Å². The minimum absolute atomic E-state index is 0.140. The van der Waals surface area contributed by atoms with Gasteiger partial charge in [0.1, 0.15) is 0 Å². The third kappa shape index (κ3) is 6.74. The van der Waals surface area contributed by atoms with Crippen molar-refractivity contribution in [2.75, 3.05) is 6.61 Å². The smallest absolute Gasteiger partial charge is 0.315 e. The molecule has 0 aliphatic carbocycles. The standard InChI is InChI=1S/C18H30O2/c1-7-18(17(19)20-8-2,13-9-11-15(3)4)14-10-12-16(5)6/h7H,1,3,5,8-14H2,2,4,6H3. The van der Waals surface area contributed by atoms with Crippen LogP contribution in [-0.2, 0) is 9.53 Å². The molecule has 0 amide bonds. The summed E-state index contributed by atoms with van der Waals surface area (Å²) in [5.74, 6) is -0.140. The molecular formula is C18H30O2. The normalized spacial score (nSPS) is 10.9. The molecule has 114 valence electrons. The lowest BCUT2D eigenvalue weighted by Crippen LogP contribution is -2.31. The summed E-state index contributed by atoms with van der Waals surface area (Å²) in [5, 5.41) is 0. The third-order valence-electron chi connectivity index (χ3n) is 3.53. The third-order valence-corrected chi connectivity index (χ3v) is 3.53. The van der Waals surface area contributed by atoms with Crippen LogP contribution in [0.25, 0.3) is 0 Å². The summed E-state index contributed by atoms with van der Waals surface area (Å²) in [6, 6.07) is 0. The van der Waals surface area contributed by atoms with Gasteiger partial charge in [-0.1, -0.05) is 17.2 Å². The number of esters is 1. The highest BCUT2D eigenvalue weighted by atomic mass is 16.5. The molecule has 0 atom stereocenters. The molecule has 0 fully saturated rings. The zero-order valence-electron chi connectivity index (χ0n) is 13.5. The lowest BCUT2D eigenvalue weighted by molar-refractivity contribution is -0.153. The quantitative estimate of drug-likeness (QED) is 0.383. The second kappa shape index (κ2) is 9.57. The highest BCUT2D eigenvalue weighted by Crippen LogP contribution is 2.35. The molecule has 0 heterocycles. The maximum Gasteiger partial charge on any atom is 0.315 e. The van der Waals surface area contributed by atoms with E-state index < -0.39 is 5.41 Å². The zero-order valence-corrected chi connectivity index (χ0v) is 13.5. The fourth-order valence-corrected chi connectivity index (χ4v) is 2.30. The van der Waals surface area contributed by atoms with E-state index in [4.69, 9.17) is 4.74 Å². The summed E-state index contributed by atoms with van der Waals surface area (Å²) in [4.78, 5) is 12.3. The number of hydrogen-bond donors (Lipinski definition) is 0. The number of allylic oxidation sites excluding steroid dienone is 2. The monoisotopic (exact) mass is 278 g/mol. The molecule has 0 unspecified atom stereocenters. The molecule has 0 aromatic heterocycles. The largest absolute Gasteiger partial charge is 0.465 e. The number of carbonyl (C=O) groups excluding carboxylic acids is 1. The Labute approximate surface area is 124 Å². The van der Waals surface area contributed by atoms with Gasteiger partial charge in [-0.2, -0.15) is 0 Å². The SMILES string of the molecule is C=CC(CCCC(=C)C)(CCCC(=C)C)C(=O)OCC. The van der Waals surface area contributed by atoms with Gasteiger partial charge in [0.15, 0.2) is 0 Å². The van der Waals surface area contributed by atoms with Crippen molar-refractivity contribution in [1.29, 1.82) is 0 Å². The van der Waals surface area contributed by atoms with E-state index in [-0.39, 0.29) is 5.97 Å². The van der Waals surface area contributed by atoms with Crippen LogP contribution < -0.4 is 0 Å². The highest BCUT2D eigenvalue weighted by molar-refractivity contribution is 5.79. The first-order chi connectivity index (χ1) is 9.38. The molecule has 20 heavy (non-hydrogen) atoms. The van der Waals surface area contributed by atoms with Crippen LogP contribution in [0.15, 0.2) is 37.0 Å². The first-order valence-electron chi connectivity index (χ1n) is 7.47. The van der Waals surface area contributed by atoms with Gasteiger partial charge in [-0.15, -0.1) is 19.7 Å². The van der Waals surface area contributed by atoms with Crippen LogP contribution in [0.4, 0.5) is 0 Å². The van der Waals surface area contributed by atoms with Crippen molar-refractivity contribution >= 4 is 5.97 Å². The van der Waals surface area contributed by atoms with E-state index in [1.807, 2.05) is 20.8 Å². The Morgan fingerprint density at radius 1 is 1.10 bits per heavy atom. The lowest BCUT2D eigenvalue weighted by Gasteiger charge is -2.28. The van der Waals surface area contributed by atoms with Gasteiger partial charge in [0.05, 0.1) is 12.0 Å². The minimum atomic E-state index is -0.555. The second-order valence-electron chi connectivity index (χ2n) is 5.70. The molecule has 0 saturated carbocycles. The number of rotatable bonds is 11. The fourth-order valence-electron chi connectivity index (χ4n) is 2.30.